The van der Waals surface area contributed by atoms with E-state index in [0.29, 0.717) is 32.5 Å². The summed E-state index contributed by atoms with van der Waals surface area (Å²) in [6.07, 6.45) is 2.49. The summed E-state index contributed by atoms with van der Waals surface area (Å²) in [4.78, 5) is 32.5. The van der Waals surface area contributed by atoms with E-state index < -0.39 is 0 Å². The lowest BCUT2D eigenvalue weighted by molar-refractivity contribution is -0.131. The van der Waals surface area contributed by atoms with Gasteiger partial charge in [-0.3, -0.25) is 9.59 Å². The quantitative estimate of drug-likeness (QED) is 0.851. The summed E-state index contributed by atoms with van der Waals surface area (Å²) < 4.78 is 0. The number of rotatable bonds is 6. The zero-order valence-corrected chi connectivity index (χ0v) is 14.9. The number of carbonyl (C=O) groups is 2. The number of hydrogen-bond donors (Lipinski definition) is 1. The van der Waals surface area contributed by atoms with Crippen molar-refractivity contribution in [3.05, 3.63) is 47.5 Å². The standard InChI is InChI=1S/C18H22N4O2S/c23-16(14-15-4-2-1-3-5-15)19-7-6-17(24)21-9-11-22(12-10-21)18-20-8-13-25-18/h1-5,8,13H,6-7,9-12,14H2,(H,19,23). The predicted octanol–water partition coefficient (Wildman–Crippen LogP) is 1.54. The van der Waals surface area contributed by atoms with Gasteiger partial charge in [-0.1, -0.05) is 30.3 Å². The molecule has 0 unspecified atom stereocenters. The molecule has 0 saturated carbocycles. The van der Waals surface area contributed by atoms with E-state index >= 15 is 0 Å². The first-order valence-corrected chi connectivity index (χ1v) is 9.33. The number of hydrogen-bond acceptors (Lipinski definition) is 5. The average molecular weight is 358 g/mol. The second-order valence-electron chi connectivity index (χ2n) is 5.94. The van der Waals surface area contributed by atoms with E-state index in [-0.39, 0.29) is 11.8 Å². The van der Waals surface area contributed by atoms with E-state index in [4.69, 9.17) is 0 Å². The number of nitrogens with zero attached hydrogens (tertiary/aromatic N) is 3. The minimum atomic E-state index is -0.0485. The van der Waals surface area contributed by atoms with Crippen LogP contribution in [0.15, 0.2) is 41.9 Å². The van der Waals surface area contributed by atoms with Gasteiger partial charge < -0.3 is 15.1 Å². The lowest BCUT2D eigenvalue weighted by Crippen LogP contribution is -2.49. The average Bonchev–Trinajstić information content (AvgIpc) is 3.17. The molecule has 6 nitrogen and oxygen atoms in total. The Morgan fingerprint density at radius 1 is 1.12 bits per heavy atom. The van der Waals surface area contributed by atoms with Gasteiger partial charge in [0.05, 0.1) is 6.42 Å². The summed E-state index contributed by atoms with van der Waals surface area (Å²) in [5.74, 6) is 0.0476. The molecule has 0 spiro atoms. The van der Waals surface area contributed by atoms with Gasteiger partial charge in [0.2, 0.25) is 11.8 Å². The van der Waals surface area contributed by atoms with Crippen LogP contribution >= 0.6 is 11.3 Å². The summed E-state index contributed by atoms with van der Waals surface area (Å²) in [6.45, 7) is 3.41. The van der Waals surface area contributed by atoms with E-state index in [9.17, 15) is 9.59 Å². The van der Waals surface area contributed by atoms with Gasteiger partial charge in [-0.15, -0.1) is 11.3 Å². The fourth-order valence-corrected chi connectivity index (χ4v) is 3.53. The zero-order valence-electron chi connectivity index (χ0n) is 14.1. The lowest BCUT2D eigenvalue weighted by Gasteiger charge is -2.34. The van der Waals surface area contributed by atoms with Crippen molar-refractivity contribution < 1.29 is 9.59 Å². The Kier molecular flexibility index (Phi) is 6.00. The van der Waals surface area contributed by atoms with Gasteiger partial charge in [-0.2, -0.15) is 0 Å². The first-order chi connectivity index (χ1) is 12.2. The van der Waals surface area contributed by atoms with E-state index in [1.807, 2.05) is 40.6 Å². The van der Waals surface area contributed by atoms with Crippen molar-refractivity contribution in [2.45, 2.75) is 12.8 Å². The van der Waals surface area contributed by atoms with E-state index in [1.54, 1.807) is 17.5 Å². The Morgan fingerprint density at radius 2 is 1.88 bits per heavy atom. The van der Waals surface area contributed by atoms with Crippen molar-refractivity contribution in [2.24, 2.45) is 0 Å². The summed E-state index contributed by atoms with van der Waals surface area (Å²) in [6, 6.07) is 9.60. The van der Waals surface area contributed by atoms with E-state index in [2.05, 4.69) is 15.2 Å². The summed E-state index contributed by atoms with van der Waals surface area (Å²) >= 11 is 1.62. The van der Waals surface area contributed by atoms with Crippen LogP contribution in [0.25, 0.3) is 0 Å². The third kappa shape index (κ3) is 5.03. The number of aromatic nitrogens is 1. The normalized spacial score (nSPS) is 14.4. The van der Waals surface area contributed by atoms with Gasteiger partial charge in [-0.25, -0.2) is 4.98 Å². The second kappa shape index (κ2) is 8.62. The van der Waals surface area contributed by atoms with Crippen LogP contribution < -0.4 is 10.2 Å². The number of piperazine rings is 1. The Labute approximate surface area is 151 Å². The predicted molar refractivity (Wildman–Crippen MR) is 98.7 cm³/mol. The molecule has 0 aliphatic carbocycles. The number of carbonyl (C=O) groups excluding carboxylic acids is 2. The maximum absolute atomic E-state index is 12.3. The lowest BCUT2D eigenvalue weighted by atomic mass is 10.1. The SMILES string of the molecule is O=C(Cc1ccccc1)NCCC(=O)N1CCN(c2nccs2)CC1. The van der Waals surface area contributed by atoms with Crippen LogP contribution in [-0.4, -0.2) is 54.4 Å². The smallest absolute Gasteiger partial charge is 0.224 e. The molecule has 1 N–H and O–H groups in total. The minimum absolute atomic E-state index is 0.0485. The van der Waals surface area contributed by atoms with Crippen LogP contribution in [0, 0.1) is 0 Å². The maximum Gasteiger partial charge on any atom is 0.224 e. The summed E-state index contributed by atoms with van der Waals surface area (Å²) in [7, 11) is 0. The molecule has 1 aromatic heterocycles. The van der Waals surface area contributed by atoms with E-state index in [1.165, 1.54) is 0 Å². The maximum atomic E-state index is 12.3. The van der Waals surface area contributed by atoms with Crippen molar-refractivity contribution in [3.63, 3.8) is 0 Å². The van der Waals surface area contributed by atoms with Crippen LogP contribution in [0.3, 0.4) is 0 Å². The highest BCUT2D eigenvalue weighted by Crippen LogP contribution is 2.18. The fraction of sp³-hybridized carbons (Fsp3) is 0.389. The molecule has 0 bridgehead atoms. The Balaban J connectivity index is 1.35. The molecule has 2 heterocycles. The van der Waals surface area contributed by atoms with Crippen molar-refractivity contribution in [1.82, 2.24) is 15.2 Å². The summed E-state index contributed by atoms with van der Waals surface area (Å²) in [5, 5.41) is 5.80. The van der Waals surface area contributed by atoms with Crippen molar-refractivity contribution >= 4 is 28.3 Å². The summed E-state index contributed by atoms with van der Waals surface area (Å²) in [5.41, 5.74) is 0.977. The molecule has 2 aromatic rings. The molecule has 1 saturated heterocycles. The molecule has 0 atom stereocenters. The van der Waals surface area contributed by atoms with Crippen LogP contribution in [0.4, 0.5) is 5.13 Å². The molecule has 25 heavy (non-hydrogen) atoms. The van der Waals surface area contributed by atoms with Gasteiger partial charge in [0, 0.05) is 50.7 Å². The zero-order chi connectivity index (χ0) is 17.5. The molecule has 3 rings (SSSR count). The topological polar surface area (TPSA) is 65.5 Å². The molecule has 1 aliphatic heterocycles. The largest absolute Gasteiger partial charge is 0.355 e. The molecule has 1 aromatic carbocycles. The van der Waals surface area contributed by atoms with Crippen LogP contribution in [0.2, 0.25) is 0 Å². The van der Waals surface area contributed by atoms with Crippen molar-refractivity contribution in [1.29, 1.82) is 0 Å². The Morgan fingerprint density at radius 3 is 2.56 bits per heavy atom. The molecule has 7 heteroatoms. The van der Waals surface area contributed by atoms with Crippen LogP contribution in [0.1, 0.15) is 12.0 Å². The molecule has 0 radical (unpaired) electrons. The first-order valence-electron chi connectivity index (χ1n) is 8.45. The van der Waals surface area contributed by atoms with Gasteiger partial charge in [0.25, 0.3) is 0 Å². The number of anilines is 1. The second-order valence-corrected chi connectivity index (χ2v) is 6.82. The monoisotopic (exact) mass is 358 g/mol. The number of amides is 2. The Bertz CT molecular complexity index is 682. The number of thiazole rings is 1. The third-order valence-corrected chi connectivity index (χ3v) is 5.02. The molecule has 2 amide bonds. The first kappa shape index (κ1) is 17.4. The van der Waals surface area contributed by atoms with Gasteiger partial charge in [0.1, 0.15) is 0 Å². The third-order valence-electron chi connectivity index (χ3n) is 4.19. The molecule has 1 aliphatic rings. The number of nitrogens with one attached hydrogen (secondary N) is 1. The van der Waals surface area contributed by atoms with Crippen molar-refractivity contribution in [3.8, 4) is 0 Å². The highest BCUT2D eigenvalue weighted by Gasteiger charge is 2.22. The van der Waals surface area contributed by atoms with Gasteiger partial charge in [-0.05, 0) is 5.56 Å². The van der Waals surface area contributed by atoms with Crippen LogP contribution in [0.5, 0.6) is 0 Å². The molecular formula is C18H22N4O2S. The van der Waals surface area contributed by atoms with E-state index in [0.717, 1.165) is 23.8 Å². The fourth-order valence-electron chi connectivity index (χ4n) is 2.83. The molecular weight excluding hydrogens is 336 g/mol. The van der Waals surface area contributed by atoms with Gasteiger partial charge >= 0.3 is 0 Å². The molecule has 1 fully saturated rings. The molecule has 132 valence electrons. The Hall–Kier alpha value is -2.41. The highest BCUT2D eigenvalue weighted by molar-refractivity contribution is 7.13. The minimum Gasteiger partial charge on any atom is -0.355 e. The van der Waals surface area contributed by atoms with Gasteiger partial charge in [0.15, 0.2) is 5.13 Å². The van der Waals surface area contributed by atoms with Crippen molar-refractivity contribution in [2.75, 3.05) is 37.6 Å². The van der Waals surface area contributed by atoms with Crippen LogP contribution in [-0.2, 0) is 16.0 Å². The number of benzene rings is 1. The highest BCUT2D eigenvalue weighted by atomic mass is 32.1.